The second kappa shape index (κ2) is 9.07. The van der Waals surface area contributed by atoms with Gasteiger partial charge < -0.3 is 15.1 Å². The summed E-state index contributed by atoms with van der Waals surface area (Å²) in [5, 5.41) is 4.56. The summed E-state index contributed by atoms with van der Waals surface area (Å²) in [6.45, 7) is 5.36. The quantitative estimate of drug-likeness (QED) is 0.442. The summed E-state index contributed by atoms with van der Waals surface area (Å²) in [5.41, 5.74) is 2.97. The summed E-state index contributed by atoms with van der Waals surface area (Å²) in [7, 11) is 2.06. The predicted molar refractivity (Wildman–Crippen MR) is 135 cm³/mol. The smallest absolute Gasteiger partial charge is 0.227 e. The van der Waals surface area contributed by atoms with Gasteiger partial charge in [0.1, 0.15) is 17.2 Å². The Bertz CT molecular complexity index is 1440. The number of fused-ring (bicyclic) bond motifs is 3. The van der Waals surface area contributed by atoms with E-state index < -0.39 is 11.6 Å². The number of anilines is 4. The molecule has 4 aromatic rings. The van der Waals surface area contributed by atoms with Crippen LogP contribution in [0.4, 0.5) is 36.2 Å². The zero-order valence-corrected chi connectivity index (χ0v) is 20.4. The van der Waals surface area contributed by atoms with Gasteiger partial charge in [-0.3, -0.25) is 5.01 Å². The van der Waals surface area contributed by atoms with E-state index >= 15 is 4.39 Å². The topological polar surface area (TPSA) is 65.4 Å². The number of rotatable bonds is 4. The Balaban J connectivity index is 1.29. The van der Waals surface area contributed by atoms with Gasteiger partial charge in [-0.25, -0.2) is 32.8 Å². The van der Waals surface area contributed by atoms with Crippen LogP contribution in [0.2, 0.25) is 0 Å². The standard InChI is InChI=1S/C26H25F3N8/c1-16-12-18(13-21(29)23(16)35-10-8-34(2)9-11-35)32-26-31-14-17-15-37(24-19(27)4-3-5-20(24)28)36-7-6-30-25(36)22(17)33-26/h3-7,12-14H,8-11,15H2,1-2H3,(H,31,32,33). The lowest BCUT2D eigenvalue weighted by molar-refractivity contribution is 0.311. The fourth-order valence-corrected chi connectivity index (χ4v) is 4.97. The van der Waals surface area contributed by atoms with E-state index in [2.05, 4.69) is 37.1 Å². The van der Waals surface area contributed by atoms with Crippen molar-refractivity contribution in [3.8, 4) is 11.5 Å². The number of likely N-dealkylation sites (N-methyl/N-ethyl adjacent to an activating group) is 1. The highest BCUT2D eigenvalue weighted by atomic mass is 19.1. The molecule has 0 radical (unpaired) electrons. The average Bonchev–Trinajstić information content (AvgIpc) is 3.36. The molecule has 0 atom stereocenters. The Kier molecular flexibility index (Phi) is 5.71. The van der Waals surface area contributed by atoms with Crippen LogP contribution in [-0.4, -0.2) is 57.8 Å². The molecule has 6 rings (SSSR count). The lowest BCUT2D eigenvalue weighted by Crippen LogP contribution is -2.45. The zero-order valence-electron chi connectivity index (χ0n) is 20.4. The molecule has 2 aliphatic heterocycles. The summed E-state index contributed by atoms with van der Waals surface area (Å²) in [5.74, 6) is -0.977. The molecule has 0 aliphatic carbocycles. The highest BCUT2D eigenvalue weighted by molar-refractivity contribution is 5.67. The largest absolute Gasteiger partial charge is 0.366 e. The van der Waals surface area contributed by atoms with Crippen molar-refractivity contribution in [2.24, 2.45) is 0 Å². The maximum Gasteiger partial charge on any atom is 0.227 e. The van der Waals surface area contributed by atoms with Gasteiger partial charge in [-0.1, -0.05) is 6.07 Å². The number of nitrogens with one attached hydrogen (secondary N) is 1. The van der Waals surface area contributed by atoms with Crippen molar-refractivity contribution in [1.29, 1.82) is 0 Å². The molecular weight excluding hydrogens is 481 g/mol. The van der Waals surface area contributed by atoms with E-state index in [9.17, 15) is 8.78 Å². The third-order valence-electron chi connectivity index (χ3n) is 6.80. The first kappa shape index (κ1) is 23.3. The summed E-state index contributed by atoms with van der Waals surface area (Å²) in [6, 6.07) is 7.08. The Morgan fingerprint density at radius 2 is 1.68 bits per heavy atom. The van der Waals surface area contributed by atoms with Crippen molar-refractivity contribution in [2.45, 2.75) is 13.5 Å². The lowest BCUT2D eigenvalue weighted by Gasteiger charge is -2.35. The number of hydrogen-bond donors (Lipinski definition) is 1. The van der Waals surface area contributed by atoms with E-state index in [1.54, 1.807) is 23.3 Å². The van der Waals surface area contributed by atoms with Crippen LogP contribution in [0.5, 0.6) is 0 Å². The summed E-state index contributed by atoms with van der Waals surface area (Å²) < 4.78 is 45.9. The van der Waals surface area contributed by atoms with Crippen LogP contribution < -0.4 is 15.2 Å². The van der Waals surface area contributed by atoms with E-state index in [1.807, 2.05) is 13.0 Å². The minimum absolute atomic E-state index is 0.143. The van der Waals surface area contributed by atoms with Crippen LogP contribution in [0.1, 0.15) is 11.1 Å². The first-order valence-electron chi connectivity index (χ1n) is 12.0. The number of halogens is 3. The number of aryl methyl sites for hydroxylation is 1. The Morgan fingerprint density at radius 3 is 2.41 bits per heavy atom. The molecule has 0 spiro atoms. The van der Waals surface area contributed by atoms with Crippen molar-refractivity contribution in [3.05, 3.63) is 77.5 Å². The molecule has 11 heteroatoms. The molecule has 2 aromatic carbocycles. The van der Waals surface area contributed by atoms with E-state index in [1.165, 1.54) is 29.3 Å². The highest BCUT2D eigenvalue weighted by Crippen LogP contribution is 2.35. The molecule has 37 heavy (non-hydrogen) atoms. The van der Waals surface area contributed by atoms with Gasteiger partial charge in [0.15, 0.2) is 17.5 Å². The molecule has 0 amide bonds. The summed E-state index contributed by atoms with van der Waals surface area (Å²) in [4.78, 5) is 17.7. The van der Waals surface area contributed by atoms with Crippen LogP contribution in [0.15, 0.2) is 48.9 Å². The fourth-order valence-electron chi connectivity index (χ4n) is 4.97. The molecule has 0 unspecified atom stereocenters. The maximum atomic E-state index is 15.2. The summed E-state index contributed by atoms with van der Waals surface area (Å²) in [6.07, 6.45) is 4.76. The molecule has 1 N–H and O–H groups in total. The van der Waals surface area contributed by atoms with Gasteiger partial charge >= 0.3 is 0 Å². The van der Waals surface area contributed by atoms with Crippen molar-refractivity contribution in [3.63, 3.8) is 0 Å². The van der Waals surface area contributed by atoms with Gasteiger partial charge in [0, 0.05) is 56.0 Å². The van der Waals surface area contributed by atoms with Crippen LogP contribution >= 0.6 is 0 Å². The van der Waals surface area contributed by atoms with E-state index in [0.717, 1.165) is 31.7 Å². The third kappa shape index (κ3) is 4.14. The minimum atomic E-state index is -0.681. The molecule has 0 bridgehead atoms. The van der Waals surface area contributed by atoms with Gasteiger partial charge in [-0.05, 0) is 43.8 Å². The third-order valence-corrected chi connectivity index (χ3v) is 6.80. The molecular formula is C26H25F3N8. The SMILES string of the molecule is Cc1cc(Nc2ncc3c(n2)-c2nccn2N(c2c(F)cccc2F)C3)cc(F)c1N1CCN(C)CC1. The molecule has 190 valence electrons. The van der Waals surface area contributed by atoms with E-state index in [0.29, 0.717) is 28.5 Å². The normalized spacial score (nSPS) is 15.5. The number of hydrogen-bond acceptors (Lipinski definition) is 7. The second-order valence-electron chi connectivity index (χ2n) is 9.33. The maximum absolute atomic E-state index is 15.2. The first-order chi connectivity index (χ1) is 17.9. The summed E-state index contributed by atoms with van der Waals surface area (Å²) >= 11 is 0. The fraction of sp³-hybridized carbons (Fsp3) is 0.269. The second-order valence-corrected chi connectivity index (χ2v) is 9.33. The number of piperazine rings is 1. The molecule has 2 aliphatic rings. The van der Waals surface area contributed by atoms with Gasteiger partial charge in [-0.2, -0.15) is 0 Å². The number of imidazole rings is 1. The van der Waals surface area contributed by atoms with Crippen molar-refractivity contribution in [2.75, 3.05) is 48.5 Å². The highest BCUT2D eigenvalue weighted by Gasteiger charge is 2.29. The van der Waals surface area contributed by atoms with E-state index in [-0.39, 0.29) is 24.0 Å². The predicted octanol–water partition coefficient (Wildman–Crippen LogP) is 4.34. The lowest BCUT2D eigenvalue weighted by atomic mass is 10.1. The van der Waals surface area contributed by atoms with Gasteiger partial charge in [-0.15, -0.1) is 0 Å². The molecule has 1 saturated heterocycles. The molecule has 0 saturated carbocycles. The number of aromatic nitrogens is 4. The van der Waals surface area contributed by atoms with Crippen LogP contribution in [0, 0.1) is 24.4 Å². The average molecular weight is 507 g/mol. The first-order valence-corrected chi connectivity index (χ1v) is 12.0. The number of nitrogens with zero attached hydrogens (tertiary/aromatic N) is 7. The number of benzene rings is 2. The van der Waals surface area contributed by atoms with E-state index in [4.69, 9.17) is 0 Å². The van der Waals surface area contributed by atoms with Crippen LogP contribution in [0.25, 0.3) is 11.5 Å². The van der Waals surface area contributed by atoms with Crippen molar-refractivity contribution in [1.82, 2.24) is 24.5 Å². The van der Waals surface area contributed by atoms with Crippen LogP contribution in [-0.2, 0) is 6.54 Å². The Morgan fingerprint density at radius 1 is 0.919 bits per heavy atom. The molecule has 8 nitrogen and oxygen atoms in total. The zero-order chi connectivity index (χ0) is 25.7. The molecule has 2 aromatic heterocycles. The molecule has 4 heterocycles. The van der Waals surface area contributed by atoms with Gasteiger partial charge in [0.2, 0.25) is 5.95 Å². The van der Waals surface area contributed by atoms with Crippen molar-refractivity contribution >= 4 is 23.0 Å². The molecule has 1 fully saturated rings. The Hall–Kier alpha value is -4.12. The van der Waals surface area contributed by atoms with Gasteiger partial charge in [0.05, 0.1) is 12.2 Å². The van der Waals surface area contributed by atoms with Crippen LogP contribution in [0.3, 0.4) is 0 Å². The minimum Gasteiger partial charge on any atom is -0.366 e. The monoisotopic (exact) mass is 506 g/mol. The van der Waals surface area contributed by atoms with Crippen molar-refractivity contribution < 1.29 is 13.2 Å². The Labute approximate surface area is 212 Å². The number of para-hydroxylation sites is 1. The van der Waals surface area contributed by atoms with Gasteiger partial charge in [0.25, 0.3) is 0 Å².